The molecule has 0 saturated heterocycles. The number of hydrogen-bond acceptors (Lipinski definition) is 1. The summed E-state index contributed by atoms with van der Waals surface area (Å²) in [6.07, 6.45) is 2.24. The summed E-state index contributed by atoms with van der Waals surface area (Å²) in [5.74, 6) is 0.516. The number of benzene rings is 1. The second-order valence-corrected chi connectivity index (χ2v) is 5.00. The number of halogens is 2. The van der Waals surface area contributed by atoms with Crippen molar-refractivity contribution in [2.75, 3.05) is 11.9 Å². The Morgan fingerprint density at radius 3 is 2.80 bits per heavy atom. The second kappa shape index (κ2) is 6.11. The van der Waals surface area contributed by atoms with Crippen LogP contribution in [0.4, 0.5) is 10.1 Å². The van der Waals surface area contributed by atoms with E-state index in [-0.39, 0.29) is 5.82 Å². The van der Waals surface area contributed by atoms with Crippen molar-refractivity contribution in [2.45, 2.75) is 26.7 Å². The third kappa shape index (κ3) is 4.65. The molecule has 0 unspecified atom stereocenters. The highest BCUT2D eigenvalue weighted by atomic mass is 79.9. The SMILES string of the molecule is CC(C)CCCNc1cc(Br)ccc1F. The van der Waals surface area contributed by atoms with Crippen LogP contribution in [0.5, 0.6) is 0 Å². The molecule has 0 saturated carbocycles. The van der Waals surface area contributed by atoms with E-state index < -0.39 is 0 Å². The van der Waals surface area contributed by atoms with Crippen molar-refractivity contribution in [1.29, 1.82) is 0 Å². The highest BCUT2D eigenvalue weighted by Crippen LogP contribution is 2.20. The van der Waals surface area contributed by atoms with Gasteiger partial charge in [-0.1, -0.05) is 29.8 Å². The predicted octanol–water partition coefficient (Wildman–Crippen LogP) is 4.44. The molecule has 0 aliphatic rings. The van der Waals surface area contributed by atoms with Crippen LogP contribution in [0.25, 0.3) is 0 Å². The van der Waals surface area contributed by atoms with E-state index in [1.807, 2.05) is 0 Å². The molecule has 0 heterocycles. The average molecular weight is 274 g/mol. The van der Waals surface area contributed by atoms with Crippen LogP contribution in [-0.4, -0.2) is 6.54 Å². The zero-order valence-corrected chi connectivity index (χ0v) is 10.8. The average Bonchev–Trinajstić information content (AvgIpc) is 2.17. The monoisotopic (exact) mass is 273 g/mol. The maximum Gasteiger partial charge on any atom is 0.146 e. The van der Waals surface area contributed by atoms with Gasteiger partial charge in [0.15, 0.2) is 0 Å². The third-order valence-corrected chi connectivity index (χ3v) is 2.70. The fraction of sp³-hybridized carbons (Fsp3) is 0.500. The molecule has 0 spiro atoms. The summed E-state index contributed by atoms with van der Waals surface area (Å²) in [4.78, 5) is 0. The Morgan fingerprint density at radius 2 is 2.13 bits per heavy atom. The van der Waals surface area contributed by atoms with Crippen LogP contribution >= 0.6 is 15.9 Å². The minimum absolute atomic E-state index is 0.192. The Morgan fingerprint density at radius 1 is 1.40 bits per heavy atom. The van der Waals surface area contributed by atoms with E-state index in [4.69, 9.17) is 0 Å². The molecule has 0 fully saturated rings. The van der Waals surface area contributed by atoms with Gasteiger partial charge in [0.2, 0.25) is 0 Å². The smallest absolute Gasteiger partial charge is 0.146 e. The summed E-state index contributed by atoms with van der Waals surface area (Å²) in [7, 11) is 0. The molecular formula is C12H17BrFN. The van der Waals surface area contributed by atoms with Crippen molar-refractivity contribution >= 4 is 21.6 Å². The van der Waals surface area contributed by atoms with Crippen LogP contribution in [0.1, 0.15) is 26.7 Å². The fourth-order valence-electron chi connectivity index (χ4n) is 1.37. The highest BCUT2D eigenvalue weighted by molar-refractivity contribution is 9.10. The quantitative estimate of drug-likeness (QED) is 0.783. The Balaban J connectivity index is 2.40. The first-order valence-corrected chi connectivity index (χ1v) is 6.08. The lowest BCUT2D eigenvalue weighted by Gasteiger charge is -2.09. The van der Waals surface area contributed by atoms with Crippen LogP contribution in [-0.2, 0) is 0 Å². The molecule has 1 nitrogen and oxygen atoms in total. The third-order valence-electron chi connectivity index (χ3n) is 2.20. The zero-order chi connectivity index (χ0) is 11.3. The van der Waals surface area contributed by atoms with E-state index in [0.29, 0.717) is 11.6 Å². The van der Waals surface area contributed by atoms with E-state index in [1.165, 1.54) is 12.5 Å². The molecule has 0 aliphatic heterocycles. The molecule has 15 heavy (non-hydrogen) atoms. The number of rotatable bonds is 5. The van der Waals surface area contributed by atoms with Gasteiger partial charge < -0.3 is 5.32 Å². The van der Waals surface area contributed by atoms with Gasteiger partial charge in [-0.25, -0.2) is 4.39 Å². The normalized spacial score (nSPS) is 10.7. The standard InChI is InChI=1S/C12H17BrFN/c1-9(2)4-3-7-15-12-8-10(13)5-6-11(12)14/h5-6,8-9,15H,3-4,7H2,1-2H3. The van der Waals surface area contributed by atoms with E-state index in [1.54, 1.807) is 12.1 Å². The summed E-state index contributed by atoms with van der Waals surface area (Å²) in [6.45, 7) is 5.21. The first kappa shape index (κ1) is 12.5. The molecule has 1 aromatic carbocycles. The summed E-state index contributed by atoms with van der Waals surface area (Å²) in [6, 6.07) is 4.94. The van der Waals surface area contributed by atoms with Crippen molar-refractivity contribution in [3.63, 3.8) is 0 Å². The van der Waals surface area contributed by atoms with Gasteiger partial charge in [0.25, 0.3) is 0 Å². The molecule has 0 atom stereocenters. The number of nitrogens with one attached hydrogen (secondary N) is 1. The fourth-order valence-corrected chi connectivity index (χ4v) is 1.73. The highest BCUT2D eigenvalue weighted by Gasteiger charge is 2.01. The Labute approximate surface area is 99.2 Å². The molecular weight excluding hydrogens is 257 g/mol. The van der Waals surface area contributed by atoms with Crippen LogP contribution < -0.4 is 5.32 Å². The van der Waals surface area contributed by atoms with Gasteiger partial charge in [-0.2, -0.15) is 0 Å². The van der Waals surface area contributed by atoms with Gasteiger partial charge in [-0.05, 0) is 37.0 Å². The molecule has 0 aliphatic carbocycles. The first-order valence-electron chi connectivity index (χ1n) is 5.28. The Hall–Kier alpha value is -0.570. The summed E-state index contributed by atoms with van der Waals surface area (Å²) in [5.41, 5.74) is 0.577. The minimum Gasteiger partial charge on any atom is -0.383 e. The molecule has 0 amide bonds. The maximum atomic E-state index is 13.3. The molecule has 1 N–H and O–H groups in total. The van der Waals surface area contributed by atoms with Gasteiger partial charge >= 0.3 is 0 Å². The van der Waals surface area contributed by atoms with Crippen molar-refractivity contribution in [1.82, 2.24) is 0 Å². The van der Waals surface area contributed by atoms with Crippen LogP contribution in [0, 0.1) is 11.7 Å². The van der Waals surface area contributed by atoms with Crippen LogP contribution in [0.2, 0.25) is 0 Å². The predicted molar refractivity (Wildman–Crippen MR) is 66.7 cm³/mol. The molecule has 3 heteroatoms. The summed E-state index contributed by atoms with van der Waals surface area (Å²) < 4.78 is 14.2. The Kier molecular flexibility index (Phi) is 5.09. The van der Waals surface area contributed by atoms with Crippen LogP contribution in [0.3, 0.4) is 0 Å². The molecule has 1 rings (SSSR count). The maximum absolute atomic E-state index is 13.3. The van der Waals surface area contributed by atoms with E-state index in [9.17, 15) is 4.39 Å². The van der Waals surface area contributed by atoms with E-state index in [0.717, 1.165) is 17.4 Å². The van der Waals surface area contributed by atoms with Crippen molar-refractivity contribution in [3.05, 3.63) is 28.5 Å². The molecule has 0 radical (unpaired) electrons. The summed E-state index contributed by atoms with van der Waals surface area (Å²) in [5, 5.41) is 3.10. The lowest BCUT2D eigenvalue weighted by Crippen LogP contribution is -2.04. The summed E-state index contributed by atoms with van der Waals surface area (Å²) >= 11 is 3.32. The van der Waals surface area contributed by atoms with Gasteiger partial charge in [0.05, 0.1) is 5.69 Å². The van der Waals surface area contributed by atoms with Gasteiger partial charge in [-0.15, -0.1) is 0 Å². The van der Waals surface area contributed by atoms with Crippen molar-refractivity contribution in [3.8, 4) is 0 Å². The largest absolute Gasteiger partial charge is 0.383 e. The van der Waals surface area contributed by atoms with Crippen molar-refractivity contribution < 1.29 is 4.39 Å². The van der Waals surface area contributed by atoms with Gasteiger partial charge in [0.1, 0.15) is 5.82 Å². The molecule has 1 aromatic rings. The van der Waals surface area contributed by atoms with E-state index >= 15 is 0 Å². The number of hydrogen-bond donors (Lipinski definition) is 1. The van der Waals surface area contributed by atoms with E-state index in [2.05, 4.69) is 35.1 Å². The minimum atomic E-state index is -0.192. The lowest BCUT2D eigenvalue weighted by molar-refractivity contribution is 0.565. The second-order valence-electron chi connectivity index (χ2n) is 4.09. The first-order chi connectivity index (χ1) is 7.09. The van der Waals surface area contributed by atoms with Crippen LogP contribution in [0.15, 0.2) is 22.7 Å². The van der Waals surface area contributed by atoms with Crippen molar-refractivity contribution in [2.24, 2.45) is 5.92 Å². The molecule has 84 valence electrons. The topological polar surface area (TPSA) is 12.0 Å². The Bertz CT molecular complexity index is 312. The molecule has 0 aromatic heterocycles. The number of anilines is 1. The zero-order valence-electron chi connectivity index (χ0n) is 9.19. The lowest BCUT2D eigenvalue weighted by atomic mass is 10.1. The van der Waals surface area contributed by atoms with Gasteiger partial charge in [-0.3, -0.25) is 0 Å². The molecule has 0 bridgehead atoms. The van der Waals surface area contributed by atoms with Gasteiger partial charge in [0, 0.05) is 11.0 Å².